The van der Waals surface area contributed by atoms with Crippen LogP contribution in [0.5, 0.6) is 0 Å². The van der Waals surface area contributed by atoms with Gasteiger partial charge in [0.1, 0.15) is 5.82 Å². The van der Waals surface area contributed by atoms with Gasteiger partial charge in [0.15, 0.2) is 5.13 Å². The molecule has 1 unspecified atom stereocenters. The van der Waals surface area contributed by atoms with Gasteiger partial charge in [-0.15, -0.1) is 11.3 Å². The second kappa shape index (κ2) is 5.04. The zero-order valence-electron chi connectivity index (χ0n) is 10.3. The molecule has 0 saturated carbocycles. The topological polar surface area (TPSA) is 49.8 Å². The number of nitrogens with zero attached hydrogens (tertiary/aromatic N) is 2. The van der Waals surface area contributed by atoms with Gasteiger partial charge in [-0.2, -0.15) is 0 Å². The van der Waals surface area contributed by atoms with E-state index >= 15 is 0 Å². The second-order valence-electron chi connectivity index (χ2n) is 4.52. The Labute approximate surface area is 110 Å². The first-order chi connectivity index (χ1) is 8.81. The van der Waals surface area contributed by atoms with Gasteiger partial charge in [-0.3, -0.25) is 0 Å². The predicted molar refractivity (Wildman–Crippen MR) is 74.3 cm³/mol. The second-order valence-corrected chi connectivity index (χ2v) is 5.37. The minimum Gasteiger partial charge on any atom is -0.316 e. The fourth-order valence-corrected chi connectivity index (χ4v) is 2.87. The van der Waals surface area contributed by atoms with Crippen LogP contribution in [-0.4, -0.2) is 16.5 Å². The average Bonchev–Trinajstić information content (AvgIpc) is 3.01. The van der Waals surface area contributed by atoms with Crippen molar-refractivity contribution in [1.82, 2.24) is 15.3 Å². The summed E-state index contributed by atoms with van der Waals surface area (Å²) in [4.78, 5) is 9.04. The number of aryl methyl sites for hydroxylation is 1. The number of nitrogens with one attached hydrogen (secondary N) is 2. The molecule has 2 aromatic heterocycles. The molecule has 3 rings (SSSR count). The van der Waals surface area contributed by atoms with Gasteiger partial charge in [-0.25, -0.2) is 9.97 Å². The molecule has 0 aromatic carbocycles. The fourth-order valence-electron chi connectivity index (χ4n) is 2.17. The third-order valence-corrected chi connectivity index (χ3v) is 3.92. The van der Waals surface area contributed by atoms with E-state index in [2.05, 4.69) is 26.7 Å². The third kappa shape index (κ3) is 2.52. The lowest BCUT2D eigenvalue weighted by atomic mass is 10.1. The smallest absolute Gasteiger partial charge is 0.188 e. The monoisotopic (exact) mass is 260 g/mol. The molecule has 18 heavy (non-hydrogen) atoms. The summed E-state index contributed by atoms with van der Waals surface area (Å²) in [6.45, 7) is 3.09. The van der Waals surface area contributed by atoms with Gasteiger partial charge in [0.05, 0.1) is 11.4 Å². The lowest BCUT2D eigenvalue weighted by molar-refractivity contribution is 0.629. The van der Waals surface area contributed by atoms with E-state index in [1.54, 1.807) is 11.3 Å². The van der Waals surface area contributed by atoms with Crippen molar-refractivity contribution in [3.05, 3.63) is 35.0 Å². The van der Waals surface area contributed by atoms with Crippen LogP contribution in [0.15, 0.2) is 23.6 Å². The molecule has 3 heterocycles. The van der Waals surface area contributed by atoms with Crippen LogP contribution in [0.2, 0.25) is 0 Å². The van der Waals surface area contributed by atoms with Gasteiger partial charge in [-0.05, 0) is 38.4 Å². The lowest BCUT2D eigenvalue weighted by Gasteiger charge is -2.11. The molecule has 1 fully saturated rings. The highest BCUT2D eigenvalue weighted by molar-refractivity contribution is 7.13. The van der Waals surface area contributed by atoms with Gasteiger partial charge in [0.25, 0.3) is 0 Å². The summed E-state index contributed by atoms with van der Waals surface area (Å²) in [5, 5.41) is 9.65. The predicted octanol–water partition coefficient (Wildman–Crippen LogP) is 3.01. The van der Waals surface area contributed by atoms with Crippen molar-refractivity contribution in [1.29, 1.82) is 0 Å². The van der Waals surface area contributed by atoms with E-state index in [0.29, 0.717) is 6.04 Å². The number of aromatic nitrogens is 2. The van der Waals surface area contributed by atoms with Gasteiger partial charge >= 0.3 is 0 Å². The summed E-state index contributed by atoms with van der Waals surface area (Å²) in [7, 11) is 0. The van der Waals surface area contributed by atoms with Crippen molar-refractivity contribution in [2.45, 2.75) is 25.8 Å². The molecule has 0 amide bonds. The van der Waals surface area contributed by atoms with Gasteiger partial charge in [0, 0.05) is 11.4 Å². The Balaban J connectivity index is 1.78. The molecule has 4 nitrogen and oxygen atoms in total. The molecule has 1 atom stereocenters. The maximum absolute atomic E-state index is 4.65. The summed E-state index contributed by atoms with van der Waals surface area (Å²) in [5.41, 5.74) is 2.15. The minimum atomic E-state index is 0.407. The Bertz CT molecular complexity index is 531. The average molecular weight is 260 g/mol. The highest BCUT2D eigenvalue weighted by atomic mass is 32.1. The highest BCUT2D eigenvalue weighted by Crippen LogP contribution is 2.24. The van der Waals surface area contributed by atoms with Gasteiger partial charge in [0.2, 0.25) is 0 Å². The molecule has 2 aromatic rings. The molecule has 1 saturated heterocycles. The molecule has 0 radical (unpaired) electrons. The molecule has 1 aliphatic rings. The molecular weight excluding hydrogens is 244 g/mol. The van der Waals surface area contributed by atoms with Crippen molar-refractivity contribution in [3.63, 3.8) is 0 Å². The Kier molecular flexibility index (Phi) is 3.25. The number of anilines is 2. The summed E-state index contributed by atoms with van der Waals surface area (Å²) in [6, 6.07) is 6.52. The normalized spacial score (nSPS) is 19.1. The molecule has 1 aliphatic heterocycles. The summed E-state index contributed by atoms with van der Waals surface area (Å²) in [5.74, 6) is 0.871. The van der Waals surface area contributed by atoms with Crippen LogP contribution in [0, 0.1) is 6.92 Å². The molecule has 0 spiro atoms. The van der Waals surface area contributed by atoms with Crippen LogP contribution in [-0.2, 0) is 0 Å². The van der Waals surface area contributed by atoms with E-state index in [4.69, 9.17) is 0 Å². The first-order valence-corrected chi connectivity index (χ1v) is 7.09. The molecular formula is C13H16N4S. The van der Waals surface area contributed by atoms with Crippen LogP contribution < -0.4 is 10.6 Å². The SMILES string of the molecule is Cc1csc(Nc2cccc(C3CCCN3)n2)n1. The fraction of sp³-hybridized carbons (Fsp3) is 0.385. The standard InChI is InChI=1S/C13H16N4S/c1-9-8-18-13(15-9)17-12-6-2-4-11(16-12)10-5-3-7-14-10/h2,4,6,8,10,14H,3,5,7H2,1H3,(H,15,16,17). The van der Waals surface area contributed by atoms with Crippen molar-refractivity contribution >= 4 is 22.3 Å². The molecule has 2 N–H and O–H groups in total. The summed E-state index contributed by atoms with van der Waals surface area (Å²) >= 11 is 1.60. The number of rotatable bonds is 3. The maximum atomic E-state index is 4.65. The van der Waals surface area contributed by atoms with Gasteiger partial charge in [-0.1, -0.05) is 6.07 Å². The van der Waals surface area contributed by atoms with Crippen LogP contribution in [0.1, 0.15) is 30.3 Å². The third-order valence-electron chi connectivity index (χ3n) is 3.04. The maximum Gasteiger partial charge on any atom is 0.188 e. The molecule has 0 aliphatic carbocycles. The molecule has 94 valence electrons. The molecule has 0 bridgehead atoms. The number of hydrogen-bond donors (Lipinski definition) is 2. The van der Waals surface area contributed by atoms with Crippen LogP contribution in [0.3, 0.4) is 0 Å². The number of hydrogen-bond acceptors (Lipinski definition) is 5. The zero-order chi connectivity index (χ0) is 12.4. The largest absolute Gasteiger partial charge is 0.316 e. The van der Waals surface area contributed by atoms with E-state index < -0.39 is 0 Å². The van der Waals surface area contributed by atoms with Crippen molar-refractivity contribution < 1.29 is 0 Å². The lowest BCUT2D eigenvalue weighted by Crippen LogP contribution is -2.14. The van der Waals surface area contributed by atoms with E-state index in [1.165, 1.54) is 12.8 Å². The minimum absolute atomic E-state index is 0.407. The zero-order valence-corrected chi connectivity index (χ0v) is 11.1. The Hall–Kier alpha value is -1.46. The molecule has 5 heteroatoms. The van der Waals surface area contributed by atoms with Gasteiger partial charge < -0.3 is 10.6 Å². The highest BCUT2D eigenvalue weighted by Gasteiger charge is 2.17. The van der Waals surface area contributed by atoms with Crippen LogP contribution in [0.4, 0.5) is 10.9 Å². The Morgan fingerprint density at radius 1 is 1.39 bits per heavy atom. The van der Waals surface area contributed by atoms with Crippen molar-refractivity contribution in [2.75, 3.05) is 11.9 Å². The summed E-state index contributed by atoms with van der Waals surface area (Å²) in [6.07, 6.45) is 2.41. The van der Waals surface area contributed by atoms with Crippen LogP contribution in [0.25, 0.3) is 0 Å². The first kappa shape index (κ1) is 11.6. The number of thiazole rings is 1. The summed E-state index contributed by atoms with van der Waals surface area (Å²) < 4.78 is 0. The van der Waals surface area contributed by atoms with Crippen molar-refractivity contribution in [2.24, 2.45) is 0 Å². The Morgan fingerprint density at radius 3 is 3.06 bits per heavy atom. The quantitative estimate of drug-likeness (QED) is 0.890. The van der Waals surface area contributed by atoms with E-state index in [0.717, 1.165) is 28.9 Å². The van der Waals surface area contributed by atoms with Crippen LogP contribution >= 0.6 is 11.3 Å². The van der Waals surface area contributed by atoms with E-state index in [9.17, 15) is 0 Å². The van der Waals surface area contributed by atoms with Crippen molar-refractivity contribution in [3.8, 4) is 0 Å². The first-order valence-electron chi connectivity index (χ1n) is 6.21. The van der Waals surface area contributed by atoms with E-state index in [-0.39, 0.29) is 0 Å². The Morgan fingerprint density at radius 2 is 2.33 bits per heavy atom. The number of pyridine rings is 1. The van der Waals surface area contributed by atoms with E-state index in [1.807, 2.05) is 24.4 Å².